The minimum Gasteiger partial charge on any atom is -0.380 e. The third kappa shape index (κ3) is 1.02. The van der Waals surface area contributed by atoms with Gasteiger partial charge in [0.2, 0.25) is 0 Å². The molecule has 5 rings (SSSR count). The van der Waals surface area contributed by atoms with Crippen molar-refractivity contribution in [1.29, 1.82) is 0 Å². The average molecular weight is 263 g/mol. The first kappa shape index (κ1) is 10.1. The first-order valence-electron chi connectivity index (χ1n) is 6.54. The van der Waals surface area contributed by atoms with Crippen LogP contribution in [0, 0.1) is 0 Å². The van der Waals surface area contributed by atoms with E-state index in [1.807, 2.05) is 36.1 Å². The molecule has 0 saturated carbocycles. The zero-order valence-electron chi connectivity index (χ0n) is 10.9. The van der Waals surface area contributed by atoms with E-state index in [1.165, 1.54) is 0 Å². The third-order valence-electron chi connectivity index (χ3n) is 4.00. The predicted octanol–water partition coefficient (Wildman–Crippen LogP) is 2.03. The number of oxazole rings is 1. The van der Waals surface area contributed by atoms with Gasteiger partial charge in [-0.15, -0.1) is 4.57 Å². The van der Waals surface area contributed by atoms with Gasteiger partial charge in [-0.3, -0.25) is 9.55 Å². The largest absolute Gasteiger partial charge is 0.385 e. The first-order chi connectivity index (χ1) is 9.84. The summed E-state index contributed by atoms with van der Waals surface area (Å²) in [7, 11) is 1.99. The van der Waals surface area contributed by atoms with E-state index in [0.29, 0.717) is 0 Å². The Morgan fingerprint density at radius 2 is 2.05 bits per heavy atom. The molecule has 0 radical (unpaired) electrons. The van der Waals surface area contributed by atoms with Gasteiger partial charge >= 0.3 is 5.89 Å². The standard InChI is InChI=1S/C15H11N4O/c1-18-13-10(5-3-7-17-13)12-15(18)20-14-9-4-2-6-16-11(9)8-19(12)14/h2-7H,8H2,1H3/q+1. The quantitative estimate of drug-likeness (QED) is 0.402. The van der Waals surface area contributed by atoms with Crippen molar-refractivity contribution in [2.75, 3.05) is 0 Å². The second kappa shape index (κ2) is 3.25. The molecule has 1 aliphatic heterocycles. The van der Waals surface area contributed by atoms with Gasteiger partial charge in [-0.1, -0.05) is 0 Å². The molecule has 5 nitrogen and oxygen atoms in total. The molecule has 0 bridgehead atoms. The molecular formula is C15H11N4O+. The number of hydrogen-bond donors (Lipinski definition) is 0. The topological polar surface area (TPSA) is 47.7 Å². The Bertz CT molecular complexity index is 996. The molecule has 5 heterocycles. The summed E-state index contributed by atoms with van der Waals surface area (Å²) in [5.41, 5.74) is 5.06. The molecule has 0 N–H and O–H groups in total. The van der Waals surface area contributed by atoms with Gasteiger partial charge in [0.15, 0.2) is 6.54 Å². The predicted molar refractivity (Wildman–Crippen MR) is 73.0 cm³/mol. The van der Waals surface area contributed by atoms with Gasteiger partial charge in [0.05, 0.1) is 5.39 Å². The van der Waals surface area contributed by atoms with Gasteiger partial charge in [-0.2, -0.15) is 0 Å². The van der Waals surface area contributed by atoms with E-state index in [9.17, 15) is 0 Å². The molecule has 0 amide bonds. The van der Waals surface area contributed by atoms with Crippen LogP contribution in [0.5, 0.6) is 0 Å². The van der Waals surface area contributed by atoms with Gasteiger partial charge in [0.1, 0.15) is 16.9 Å². The molecular weight excluding hydrogens is 252 g/mol. The van der Waals surface area contributed by atoms with Crippen molar-refractivity contribution in [1.82, 2.24) is 14.5 Å². The lowest BCUT2D eigenvalue weighted by molar-refractivity contribution is -0.649. The lowest BCUT2D eigenvalue weighted by Gasteiger charge is -1.92. The molecule has 1 aliphatic rings. The molecule has 4 aromatic heterocycles. The molecule has 0 aromatic carbocycles. The van der Waals surface area contributed by atoms with E-state index in [1.54, 1.807) is 0 Å². The SMILES string of the molecule is Cn1c2ncccc2c2c1oc1[n+]2Cc2ncccc2-1. The number of hydrogen-bond acceptors (Lipinski definition) is 3. The van der Waals surface area contributed by atoms with Crippen LogP contribution in [0.1, 0.15) is 5.69 Å². The summed E-state index contributed by atoms with van der Waals surface area (Å²) < 4.78 is 10.3. The molecule has 4 aromatic rings. The zero-order chi connectivity index (χ0) is 13.3. The Balaban J connectivity index is 1.97. The van der Waals surface area contributed by atoms with E-state index in [2.05, 4.69) is 26.7 Å². The maximum Gasteiger partial charge on any atom is 0.385 e. The fourth-order valence-corrected chi connectivity index (χ4v) is 3.10. The third-order valence-corrected chi connectivity index (χ3v) is 4.00. The van der Waals surface area contributed by atoms with E-state index in [0.717, 1.165) is 46.0 Å². The minimum absolute atomic E-state index is 0.756. The molecule has 5 heteroatoms. The number of nitrogens with zero attached hydrogens (tertiary/aromatic N) is 4. The van der Waals surface area contributed by atoms with Crippen LogP contribution in [0.2, 0.25) is 0 Å². The Labute approximate surface area is 114 Å². The van der Waals surface area contributed by atoms with Crippen molar-refractivity contribution in [2.45, 2.75) is 6.54 Å². The highest BCUT2D eigenvalue weighted by Crippen LogP contribution is 2.33. The average Bonchev–Trinajstić information content (AvgIpc) is 3.09. The van der Waals surface area contributed by atoms with E-state index in [4.69, 9.17) is 4.42 Å². The lowest BCUT2D eigenvalue weighted by atomic mass is 10.2. The van der Waals surface area contributed by atoms with Crippen LogP contribution in [0.25, 0.3) is 33.7 Å². The molecule has 0 spiro atoms. The van der Waals surface area contributed by atoms with Crippen molar-refractivity contribution < 1.29 is 8.98 Å². The van der Waals surface area contributed by atoms with Crippen LogP contribution in [0.4, 0.5) is 0 Å². The molecule has 96 valence electrons. The summed E-state index contributed by atoms with van der Waals surface area (Å²) in [4.78, 5) is 8.88. The molecule has 20 heavy (non-hydrogen) atoms. The van der Waals surface area contributed by atoms with Crippen LogP contribution in [0.3, 0.4) is 0 Å². The molecule has 0 saturated heterocycles. The molecule has 0 fully saturated rings. The monoisotopic (exact) mass is 263 g/mol. The zero-order valence-corrected chi connectivity index (χ0v) is 10.9. The van der Waals surface area contributed by atoms with Gasteiger partial charge in [0.25, 0.3) is 11.2 Å². The second-order valence-electron chi connectivity index (χ2n) is 5.08. The summed E-state index contributed by atoms with van der Waals surface area (Å²) in [5.74, 6) is 0.888. The number of pyridine rings is 2. The Hall–Kier alpha value is -2.69. The van der Waals surface area contributed by atoms with E-state index < -0.39 is 0 Å². The van der Waals surface area contributed by atoms with Crippen molar-refractivity contribution in [3.63, 3.8) is 0 Å². The lowest BCUT2D eigenvalue weighted by Crippen LogP contribution is -2.30. The van der Waals surface area contributed by atoms with Crippen LogP contribution in [-0.2, 0) is 13.6 Å². The summed E-state index contributed by atoms with van der Waals surface area (Å²) in [6.45, 7) is 0.756. The minimum atomic E-state index is 0.756. The van der Waals surface area contributed by atoms with Crippen LogP contribution < -0.4 is 4.57 Å². The fraction of sp³-hybridized carbons (Fsp3) is 0.133. The first-order valence-corrected chi connectivity index (χ1v) is 6.54. The summed E-state index contributed by atoms with van der Waals surface area (Å²) >= 11 is 0. The van der Waals surface area contributed by atoms with Crippen molar-refractivity contribution in [2.24, 2.45) is 7.05 Å². The Kier molecular flexibility index (Phi) is 1.65. The maximum atomic E-state index is 6.10. The van der Waals surface area contributed by atoms with Crippen LogP contribution >= 0.6 is 0 Å². The highest BCUT2D eigenvalue weighted by atomic mass is 16.4. The summed E-state index contributed by atoms with van der Waals surface area (Å²) in [6.07, 6.45) is 3.63. The van der Waals surface area contributed by atoms with Gasteiger partial charge < -0.3 is 4.42 Å². The normalized spacial score (nSPS) is 13.1. The number of aromatic nitrogens is 4. The van der Waals surface area contributed by atoms with Gasteiger partial charge in [-0.05, 0) is 24.3 Å². The summed E-state index contributed by atoms with van der Waals surface area (Å²) in [6, 6.07) is 8.05. The Morgan fingerprint density at radius 1 is 1.20 bits per heavy atom. The van der Waals surface area contributed by atoms with Crippen molar-refractivity contribution in [3.8, 4) is 11.5 Å². The number of fused-ring (bicyclic) bond motifs is 7. The number of aryl methyl sites for hydroxylation is 1. The smallest absolute Gasteiger partial charge is 0.380 e. The summed E-state index contributed by atoms with van der Waals surface area (Å²) in [5, 5.41) is 1.12. The van der Waals surface area contributed by atoms with E-state index in [-0.39, 0.29) is 0 Å². The highest BCUT2D eigenvalue weighted by molar-refractivity contribution is 6.00. The molecule has 0 unspecified atom stereocenters. The van der Waals surface area contributed by atoms with Gasteiger partial charge in [0, 0.05) is 19.4 Å². The van der Waals surface area contributed by atoms with E-state index >= 15 is 0 Å². The van der Waals surface area contributed by atoms with Crippen molar-refractivity contribution >= 4 is 22.3 Å². The fourth-order valence-electron chi connectivity index (χ4n) is 3.10. The van der Waals surface area contributed by atoms with Crippen LogP contribution in [0.15, 0.2) is 41.1 Å². The molecule has 0 aliphatic carbocycles. The highest BCUT2D eigenvalue weighted by Gasteiger charge is 2.37. The second-order valence-corrected chi connectivity index (χ2v) is 5.08. The number of rotatable bonds is 0. The maximum absolute atomic E-state index is 6.10. The Morgan fingerprint density at radius 3 is 3.00 bits per heavy atom. The van der Waals surface area contributed by atoms with Crippen LogP contribution in [-0.4, -0.2) is 14.5 Å². The molecule has 0 atom stereocenters. The van der Waals surface area contributed by atoms with Gasteiger partial charge in [-0.25, -0.2) is 4.98 Å². The van der Waals surface area contributed by atoms with Crippen molar-refractivity contribution in [3.05, 3.63) is 42.4 Å².